The van der Waals surface area contributed by atoms with Crippen LogP contribution >= 0.6 is 11.6 Å². The smallest absolute Gasteiger partial charge is 0.272 e. The van der Waals surface area contributed by atoms with E-state index in [9.17, 15) is 14.9 Å². The standard InChI is InChI=1S/C11H13ClN2O3/c1-6-5-10(14(16)17)7(2)4-9(6)13-11(15)8(3)12/h4-5,8H,1-3H3,(H,13,15). The number of hydrogen-bond acceptors (Lipinski definition) is 3. The molecule has 92 valence electrons. The fourth-order valence-electron chi connectivity index (χ4n) is 1.36. The van der Waals surface area contributed by atoms with Crippen molar-refractivity contribution in [3.63, 3.8) is 0 Å². The van der Waals surface area contributed by atoms with Crippen LogP contribution in [0.5, 0.6) is 0 Å². The third-order valence-electron chi connectivity index (χ3n) is 2.36. The molecule has 1 aromatic carbocycles. The predicted octanol–water partition coefficient (Wildman–Crippen LogP) is 2.78. The minimum atomic E-state index is -0.648. The van der Waals surface area contributed by atoms with Crippen molar-refractivity contribution in [1.29, 1.82) is 0 Å². The molecule has 0 aliphatic rings. The highest BCUT2D eigenvalue weighted by Gasteiger charge is 2.16. The Balaban J connectivity index is 3.08. The maximum absolute atomic E-state index is 11.4. The number of nitrogens with one attached hydrogen (secondary N) is 1. The van der Waals surface area contributed by atoms with Gasteiger partial charge in [0.1, 0.15) is 5.38 Å². The first-order valence-electron chi connectivity index (χ1n) is 5.03. The summed E-state index contributed by atoms with van der Waals surface area (Å²) in [5.74, 6) is -0.331. The molecule has 0 spiro atoms. The van der Waals surface area contributed by atoms with Crippen LogP contribution in [0.4, 0.5) is 11.4 Å². The van der Waals surface area contributed by atoms with Gasteiger partial charge in [-0.3, -0.25) is 14.9 Å². The molecule has 1 N–H and O–H groups in total. The Bertz CT molecular complexity index is 472. The van der Waals surface area contributed by atoms with Crippen molar-refractivity contribution in [3.8, 4) is 0 Å². The van der Waals surface area contributed by atoms with Crippen LogP contribution in [0.1, 0.15) is 18.1 Å². The van der Waals surface area contributed by atoms with Gasteiger partial charge in [-0.1, -0.05) is 0 Å². The third kappa shape index (κ3) is 3.17. The number of benzene rings is 1. The van der Waals surface area contributed by atoms with Crippen LogP contribution in [0.3, 0.4) is 0 Å². The maximum atomic E-state index is 11.4. The number of hydrogen-bond donors (Lipinski definition) is 1. The summed E-state index contributed by atoms with van der Waals surface area (Å²) in [4.78, 5) is 21.7. The summed E-state index contributed by atoms with van der Waals surface area (Å²) in [6, 6.07) is 3.01. The summed E-state index contributed by atoms with van der Waals surface area (Å²) >= 11 is 5.63. The molecule has 0 heterocycles. The van der Waals surface area contributed by atoms with Crippen LogP contribution in [-0.4, -0.2) is 16.2 Å². The summed E-state index contributed by atoms with van der Waals surface area (Å²) in [5.41, 5.74) is 1.72. The van der Waals surface area contributed by atoms with Crippen LogP contribution < -0.4 is 5.32 Å². The van der Waals surface area contributed by atoms with Gasteiger partial charge in [-0.05, 0) is 32.4 Å². The predicted molar refractivity (Wildman–Crippen MR) is 66.5 cm³/mol. The van der Waals surface area contributed by atoms with Gasteiger partial charge >= 0.3 is 0 Å². The average molecular weight is 257 g/mol. The van der Waals surface area contributed by atoms with Gasteiger partial charge in [0, 0.05) is 17.3 Å². The average Bonchev–Trinajstić information content (AvgIpc) is 2.22. The van der Waals surface area contributed by atoms with Crippen molar-refractivity contribution in [2.45, 2.75) is 26.1 Å². The van der Waals surface area contributed by atoms with E-state index < -0.39 is 10.3 Å². The first kappa shape index (κ1) is 13.4. The highest BCUT2D eigenvalue weighted by Crippen LogP contribution is 2.26. The zero-order chi connectivity index (χ0) is 13.2. The van der Waals surface area contributed by atoms with Crippen LogP contribution in [0.25, 0.3) is 0 Å². The van der Waals surface area contributed by atoms with E-state index >= 15 is 0 Å². The lowest BCUT2D eigenvalue weighted by Crippen LogP contribution is -2.20. The molecule has 5 nitrogen and oxygen atoms in total. The van der Waals surface area contributed by atoms with Gasteiger partial charge in [0.15, 0.2) is 0 Å². The number of nitro benzene ring substituents is 1. The van der Waals surface area contributed by atoms with E-state index in [1.165, 1.54) is 6.07 Å². The highest BCUT2D eigenvalue weighted by atomic mass is 35.5. The molecule has 1 unspecified atom stereocenters. The van der Waals surface area contributed by atoms with Crippen molar-refractivity contribution in [1.82, 2.24) is 0 Å². The largest absolute Gasteiger partial charge is 0.325 e. The summed E-state index contributed by atoms with van der Waals surface area (Å²) < 4.78 is 0. The van der Waals surface area contributed by atoms with Gasteiger partial charge in [-0.25, -0.2) is 0 Å². The van der Waals surface area contributed by atoms with Crippen LogP contribution in [-0.2, 0) is 4.79 Å². The number of carbonyl (C=O) groups excluding carboxylic acids is 1. The van der Waals surface area contributed by atoms with Gasteiger partial charge in [0.25, 0.3) is 5.69 Å². The van der Waals surface area contributed by atoms with E-state index in [4.69, 9.17) is 11.6 Å². The van der Waals surface area contributed by atoms with Crippen LogP contribution in [0.2, 0.25) is 0 Å². The molecule has 0 saturated heterocycles. The van der Waals surface area contributed by atoms with E-state index in [1.54, 1.807) is 26.8 Å². The van der Waals surface area contributed by atoms with E-state index in [2.05, 4.69) is 5.32 Å². The third-order valence-corrected chi connectivity index (χ3v) is 2.56. The Morgan fingerprint density at radius 3 is 2.47 bits per heavy atom. The van der Waals surface area contributed by atoms with Gasteiger partial charge in [-0.2, -0.15) is 0 Å². The molecule has 0 saturated carbocycles. The molecule has 0 aromatic heterocycles. The van der Waals surface area contributed by atoms with Crippen molar-refractivity contribution >= 4 is 28.9 Å². The van der Waals surface area contributed by atoms with Crippen molar-refractivity contribution in [2.24, 2.45) is 0 Å². The Hall–Kier alpha value is -1.62. The Labute approximate surface area is 104 Å². The number of halogens is 1. The molecule has 0 bridgehead atoms. The lowest BCUT2D eigenvalue weighted by Gasteiger charge is -2.10. The molecule has 1 atom stereocenters. The second-order valence-corrected chi connectivity index (χ2v) is 4.47. The number of anilines is 1. The number of aryl methyl sites for hydroxylation is 2. The van der Waals surface area contributed by atoms with E-state index in [0.29, 0.717) is 16.8 Å². The normalized spacial score (nSPS) is 12.0. The molecule has 1 amide bonds. The first-order chi connectivity index (χ1) is 7.82. The molecule has 1 rings (SSSR count). The molecular formula is C11H13ClN2O3. The van der Waals surface area contributed by atoms with Gasteiger partial charge in [-0.15, -0.1) is 11.6 Å². The lowest BCUT2D eigenvalue weighted by atomic mass is 10.1. The van der Waals surface area contributed by atoms with E-state index in [-0.39, 0.29) is 11.6 Å². The number of carbonyl (C=O) groups is 1. The van der Waals surface area contributed by atoms with E-state index in [0.717, 1.165) is 0 Å². The molecule has 6 heteroatoms. The zero-order valence-electron chi connectivity index (χ0n) is 9.78. The summed E-state index contributed by atoms with van der Waals surface area (Å²) in [5, 5.41) is 12.7. The number of nitro groups is 1. The number of amides is 1. The van der Waals surface area contributed by atoms with Crippen molar-refractivity contribution in [3.05, 3.63) is 33.4 Å². The Kier molecular flexibility index (Phi) is 4.07. The maximum Gasteiger partial charge on any atom is 0.272 e. The number of alkyl halides is 1. The minimum absolute atomic E-state index is 0.0411. The first-order valence-corrected chi connectivity index (χ1v) is 5.47. The highest BCUT2D eigenvalue weighted by molar-refractivity contribution is 6.32. The monoisotopic (exact) mass is 256 g/mol. The van der Waals surface area contributed by atoms with Crippen LogP contribution in [0.15, 0.2) is 12.1 Å². The molecular weight excluding hydrogens is 244 g/mol. The topological polar surface area (TPSA) is 72.2 Å². The summed E-state index contributed by atoms with van der Waals surface area (Å²) in [6.07, 6.45) is 0. The fourth-order valence-corrected chi connectivity index (χ4v) is 1.42. The second kappa shape index (κ2) is 5.14. The fraction of sp³-hybridized carbons (Fsp3) is 0.364. The van der Waals surface area contributed by atoms with Gasteiger partial charge in [0.05, 0.1) is 4.92 Å². The number of nitrogens with zero attached hydrogens (tertiary/aromatic N) is 1. The molecule has 0 radical (unpaired) electrons. The molecule has 17 heavy (non-hydrogen) atoms. The van der Waals surface area contributed by atoms with Gasteiger partial charge < -0.3 is 5.32 Å². The Morgan fingerprint density at radius 2 is 2.00 bits per heavy atom. The second-order valence-electron chi connectivity index (χ2n) is 3.82. The lowest BCUT2D eigenvalue weighted by molar-refractivity contribution is -0.385. The summed E-state index contributed by atoms with van der Waals surface area (Å²) in [7, 11) is 0. The molecule has 0 fully saturated rings. The van der Waals surface area contributed by atoms with Crippen LogP contribution in [0, 0.1) is 24.0 Å². The Morgan fingerprint density at radius 1 is 1.41 bits per heavy atom. The number of rotatable bonds is 3. The van der Waals surface area contributed by atoms with E-state index in [1.807, 2.05) is 0 Å². The SMILES string of the molecule is Cc1cc([N+](=O)[O-])c(C)cc1NC(=O)C(C)Cl. The minimum Gasteiger partial charge on any atom is -0.325 e. The molecule has 0 aliphatic carbocycles. The molecule has 1 aromatic rings. The van der Waals surface area contributed by atoms with Crippen molar-refractivity contribution in [2.75, 3.05) is 5.32 Å². The molecule has 0 aliphatic heterocycles. The van der Waals surface area contributed by atoms with Gasteiger partial charge in [0.2, 0.25) is 5.91 Å². The summed E-state index contributed by atoms with van der Waals surface area (Å²) in [6.45, 7) is 4.88. The van der Waals surface area contributed by atoms with Crippen molar-refractivity contribution < 1.29 is 9.72 Å². The zero-order valence-corrected chi connectivity index (χ0v) is 10.5. The quantitative estimate of drug-likeness (QED) is 0.513.